The maximum atomic E-state index is 5.42. The van der Waals surface area contributed by atoms with Gasteiger partial charge in [0.1, 0.15) is 5.82 Å². The van der Waals surface area contributed by atoms with Gasteiger partial charge >= 0.3 is 0 Å². The molecule has 1 aromatic heterocycles. The number of ether oxygens (including phenoxy) is 1. The Morgan fingerprint density at radius 2 is 1.76 bits per heavy atom. The van der Waals surface area contributed by atoms with Crippen molar-refractivity contribution in [2.45, 2.75) is 18.3 Å². The van der Waals surface area contributed by atoms with E-state index in [1.54, 1.807) is 0 Å². The number of anilines is 1. The number of hydrogen-bond acceptors (Lipinski definition) is 4. The van der Waals surface area contributed by atoms with Gasteiger partial charge in [-0.1, -0.05) is 30.3 Å². The predicted octanol–water partition coefficient (Wildman–Crippen LogP) is 1.73. The average molecular weight is 284 g/mol. The summed E-state index contributed by atoms with van der Waals surface area (Å²) in [7, 11) is 2.09. The third-order valence-electron chi connectivity index (χ3n) is 4.65. The van der Waals surface area contributed by atoms with Crippen LogP contribution in [0.25, 0.3) is 0 Å². The Hall–Kier alpha value is -1.88. The van der Waals surface area contributed by atoms with Crippen LogP contribution in [0, 0.1) is 0 Å². The van der Waals surface area contributed by atoms with Crippen molar-refractivity contribution in [3.63, 3.8) is 0 Å². The standard InChI is InChI=1S/C16H20N4O/c1-19-14(16(7-8-16)13-5-3-2-4-6-13)17-18-15(19)20-9-11-21-12-10-20/h2-6H,7-12H2,1H3. The Morgan fingerprint density at radius 3 is 2.43 bits per heavy atom. The summed E-state index contributed by atoms with van der Waals surface area (Å²) in [6.07, 6.45) is 2.32. The van der Waals surface area contributed by atoms with Crippen LogP contribution in [0.3, 0.4) is 0 Å². The largest absolute Gasteiger partial charge is 0.378 e. The van der Waals surface area contributed by atoms with Crippen LogP contribution in [0.2, 0.25) is 0 Å². The normalized spacial score (nSPS) is 20.5. The molecule has 0 atom stereocenters. The van der Waals surface area contributed by atoms with Gasteiger partial charge < -0.3 is 9.64 Å². The maximum absolute atomic E-state index is 5.42. The van der Waals surface area contributed by atoms with E-state index >= 15 is 0 Å². The van der Waals surface area contributed by atoms with Gasteiger partial charge in [0.15, 0.2) is 0 Å². The lowest BCUT2D eigenvalue weighted by Gasteiger charge is -2.27. The number of morpholine rings is 1. The Morgan fingerprint density at radius 1 is 1.05 bits per heavy atom. The molecular formula is C16H20N4O. The van der Waals surface area contributed by atoms with Gasteiger partial charge in [-0.05, 0) is 18.4 Å². The van der Waals surface area contributed by atoms with E-state index in [-0.39, 0.29) is 5.41 Å². The highest BCUT2D eigenvalue weighted by molar-refractivity contribution is 5.42. The number of aromatic nitrogens is 3. The third kappa shape index (κ3) is 2.03. The molecule has 0 bridgehead atoms. The van der Waals surface area contributed by atoms with Gasteiger partial charge in [-0.3, -0.25) is 4.57 Å². The van der Waals surface area contributed by atoms with E-state index in [1.165, 1.54) is 5.56 Å². The van der Waals surface area contributed by atoms with Crippen molar-refractivity contribution in [2.24, 2.45) is 7.05 Å². The summed E-state index contributed by atoms with van der Waals surface area (Å²) in [5.74, 6) is 2.06. The summed E-state index contributed by atoms with van der Waals surface area (Å²) < 4.78 is 7.59. The van der Waals surface area contributed by atoms with Crippen molar-refractivity contribution in [1.29, 1.82) is 0 Å². The second-order valence-corrected chi connectivity index (χ2v) is 5.93. The first-order chi connectivity index (χ1) is 10.3. The van der Waals surface area contributed by atoms with Crippen LogP contribution in [0.4, 0.5) is 5.95 Å². The smallest absolute Gasteiger partial charge is 0.227 e. The van der Waals surface area contributed by atoms with E-state index < -0.39 is 0 Å². The van der Waals surface area contributed by atoms with E-state index in [4.69, 9.17) is 4.74 Å². The van der Waals surface area contributed by atoms with Crippen LogP contribution in [0.1, 0.15) is 24.2 Å². The quantitative estimate of drug-likeness (QED) is 0.861. The zero-order chi connectivity index (χ0) is 14.3. The molecule has 0 unspecified atom stereocenters. The summed E-state index contributed by atoms with van der Waals surface area (Å²) in [6.45, 7) is 3.33. The molecule has 1 aliphatic carbocycles. The molecule has 0 N–H and O–H groups in total. The van der Waals surface area contributed by atoms with Crippen molar-refractivity contribution < 1.29 is 4.74 Å². The van der Waals surface area contributed by atoms with E-state index in [9.17, 15) is 0 Å². The molecule has 1 aliphatic heterocycles. The zero-order valence-electron chi connectivity index (χ0n) is 12.3. The first-order valence-corrected chi connectivity index (χ1v) is 7.59. The van der Waals surface area contributed by atoms with E-state index in [2.05, 4.69) is 57.0 Å². The van der Waals surface area contributed by atoms with Crippen molar-refractivity contribution in [1.82, 2.24) is 14.8 Å². The number of rotatable bonds is 3. The van der Waals surface area contributed by atoms with Crippen molar-refractivity contribution >= 4 is 5.95 Å². The first-order valence-electron chi connectivity index (χ1n) is 7.59. The molecule has 1 saturated heterocycles. The SMILES string of the molecule is Cn1c(N2CCOCC2)nnc1C1(c2ccccc2)CC1. The molecule has 0 spiro atoms. The fourth-order valence-electron chi connectivity index (χ4n) is 3.30. The third-order valence-corrected chi connectivity index (χ3v) is 4.65. The van der Waals surface area contributed by atoms with Crippen LogP contribution in [0.5, 0.6) is 0 Å². The van der Waals surface area contributed by atoms with Crippen LogP contribution in [-0.2, 0) is 17.2 Å². The molecule has 2 aromatic rings. The molecular weight excluding hydrogens is 264 g/mol. The van der Waals surface area contributed by atoms with Gasteiger partial charge in [0.05, 0.1) is 18.6 Å². The second kappa shape index (κ2) is 4.84. The Labute approximate surface area is 124 Å². The highest BCUT2D eigenvalue weighted by Crippen LogP contribution is 2.52. The molecule has 2 heterocycles. The Balaban J connectivity index is 1.69. The Bertz CT molecular complexity index is 627. The van der Waals surface area contributed by atoms with Crippen LogP contribution in [0.15, 0.2) is 30.3 Å². The lowest BCUT2D eigenvalue weighted by atomic mass is 9.95. The first kappa shape index (κ1) is 12.8. The van der Waals surface area contributed by atoms with Crippen molar-refractivity contribution in [2.75, 3.05) is 31.2 Å². The molecule has 110 valence electrons. The highest BCUT2D eigenvalue weighted by atomic mass is 16.5. The molecule has 5 heteroatoms. The summed E-state index contributed by atoms with van der Waals surface area (Å²) in [4.78, 5) is 2.26. The molecule has 4 rings (SSSR count). The van der Waals surface area contributed by atoms with E-state index in [0.717, 1.165) is 50.9 Å². The van der Waals surface area contributed by atoms with Crippen molar-refractivity contribution in [3.8, 4) is 0 Å². The fraction of sp³-hybridized carbons (Fsp3) is 0.500. The van der Waals surface area contributed by atoms with Gasteiger partial charge in [-0.15, -0.1) is 10.2 Å². The maximum Gasteiger partial charge on any atom is 0.227 e. The lowest BCUT2D eigenvalue weighted by Crippen LogP contribution is -2.38. The van der Waals surface area contributed by atoms with Gasteiger partial charge in [0.2, 0.25) is 5.95 Å². The number of hydrogen-bond donors (Lipinski definition) is 0. The molecule has 1 aromatic carbocycles. The molecule has 2 fully saturated rings. The number of benzene rings is 1. The second-order valence-electron chi connectivity index (χ2n) is 5.93. The molecule has 1 saturated carbocycles. The lowest BCUT2D eigenvalue weighted by molar-refractivity contribution is 0.121. The van der Waals surface area contributed by atoms with Crippen LogP contribution < -0.4 is 4.90 Å². The monoisotopic (exact) mass is 284 g/mol. The van der Waals surface area contributed by atoms with Crippen LogP contribution >= 0.6 is 0 Å². The summed E-state index contributed by atoms with van der Waals surface area (Å²) in [5, 5.41) is 8.99. The summed E-state index contributed by atoms with van der Waals surface area (Å²) >= 11 is 0. The molecule has 21 heavy (non-hydrogen) atoms. The zero-order valence-corrected chi connectivity index (χ0v) is 12.3. The molecule has 0 amide bonds. The fourth-order valence-corrected chi connectivity index (χ4v) is 3.30. The number of nitrogens with zero attached hydrogens (tertiary/aromatic N) is 4. The minimum atomic E-state index is 0.0769. The highest BCUT2D eigenvalue weighted by Gasteiger charge is 2.50. The van der Waals surface area contributed by atoms with E-state index in [0.29, 0.717) is 0 Å². The van der Waals surface area contributed by atoms with Gasteiger partial charge in [0.25, 0.3) is 0 Å². The van der Waals surface area contributed by atoms with Crippen molar-refractivity contribution in [3.05, 3.63) is 41.7 Å². The topological polar surface area (TPSA) is 43.2 Å². The van der Waals surface area contributed by atoms with E-state index in [1.807, 2.05) is 0 Å². The van der Waals surface area contributed by atoms with Gasteiger partial charge in [-0.2, -0.15) is 0 Å². The van der Waals surface area contributed by atoms with Gasteiger partial charge in [0, 0.05) is 20.1 Å². The molecule has 2 aliphatic rings. The molecule has 0 radical (unpaired) electrons. The summed E-state index contributed by atoms with van der Waals surface area (Å²) in [6, 6.07) is 10.7. The molecule has 5 nitrogen and oxygen atoms in total. The minimum absolute atomic E-state index is 0.0769. The predicted molar refractivity (Wildman–Crippen MR) is 80.5 cm³/mol. The average Bonchev–Trinajstić information content (AvgIpc) is 3.26. The summed E-state index contributed by atoms with van der Waals surface area (Å²) in [5.41, 5.74) is 1.43. The Kier molecular flexibility index (Phi) is 2.96. The van der Waals surface area contributed by atoms with Gasteiger partial charge in [-0.25, -0.2) is 0 Å². The minimum Gasteiger partial charge on any atom is -0.378 e. The van der Waals surface area contributed by atoms with Crippen LogP contribution in [-0.4, -0.2) is 41.1 Å².